The summed E-state index contributed by atoms with van der Waals surface area (Å²) in [7, 11) is 1.67. The Kier molecular flexibility index (Phi) is 5.79. The Morgan fingerprint density at radius 3 is 2.55 bits per heavy atom. The number of anilines is 1. The second-order valence-corrected chi connectivity index (χ2v) is 8.17. The third-order valence-corrected chi connectivity index (χ3v) is 5.98. The molecule has 1 aliphatic rings. The summed E-state index contributed by atoms with van der Waals surface area (Å²) in [4.78, 5) is 17.7. The van der Waals surface area contributed by atoms with Gasteiger partial charge in [0.05, 0.1) is 24.7 Å². The van der Waals surface area contributed by atoms with E-state index in [1.807, 2.05) is 47.4 Å². The van der Waals surface area contributed by atoms with Crippen LogP contribution < -0.4 is 9.64 Å². The molecular weight excluding hydrogens is 440 g/mol. The number of nitrogens with zero attached hydrogens (tertiary/aromatic N) is 4. The third kappa shape index (κ3) is 4.19. The second kappa shape index (κ2) is 9.03. The number of piperazine rings is 1. The molecule has 0 unspecified atom stereocenters. The molecule has 2 aromatic carbocycles. The van der Waals surface area contributed by atoms with Crippen molar-refractivity contribution >= 4 is 23.2 Å². The standard InChI is InChI=1S/C25H23ClN4O3/c1-32-24-9-3-2-8-21(24)28-11-13-29(14-12-28)25(31)22-17-20(23-10-5-15-33-23)27-30(22)19-7-4-6-18(26)16-19/h2-10,15-17H,11-14H2,1H3. The monoisotopic (exact) mass is 462 g/mol. The molecule has 0 saturated carbocycles. The van der Waals surface area contributed by atoms with Gasteiger partial charge in [-0.1, -0.05) is 29.8 Å². The van der Waals surface area contributed by atoms with Crippen LogP contribution in [0, 0.1) is 0 Å². The lowest BCUT2D eigenvalue weighted by atomic mass is 10.2. The maximum atomic E-state index is 13.6. The van der Waals surface area contributed by atoms with Crippen LogP contribution in [0.5, 0.6) is 5.75 Å². The van der Waals surface area contributed by atoms with Crippen molar-refractivity contribution in [2.24, 2.45) is 0 Å². The minimum Gasteiger partial charge on any atom is -0.495 e. The summed E-state index contributed by atoms with van der Waals surface area (Å²) >= 11 is 6.21. The Balaban J connectivity index is 1.41. The summed E-state index contributed by atoms with van der Waals surface area (Å²) in [5, 5.41) is 5.23. The molecule has 5 rings (SSSR count). The van der Waals surface area contributed by atoms with Crippen molar-refractivity contribution in [3.05, 3.63) is 83.7 Å². The average Bonchev–Trinajstić information content (AvgIpc) is 3.54. The van der Waals surface area contributed by atoms with Crippen molar-refractivity contribution < 1.29 is 13.9 Å². The second-order valence-electron chi connectivity index (χ2n) is 7.73. The van der Waals surface area contributed by atoms with Crippen LogP contribution in [-0.4, -0.2) is 53.9 Å². The summed E-state index contributed by atoms with van der Waals surface area (Å²) < 4.78 is 12.7. The molecule has 0 spiro atoms. The van der Waals surface area contributed by atoms with Crippen LogP contribution in [0.1, 0.15) is 10.5 Å². The Bertz CT molecular complexity index is 1260. The third-order valence-electron chi connectivity index (χ3n) is 5.75. The van der Waals surface area contributed by atoms with E-state index in [1.54, 1.807) is 42.3 Å². The van der Waals surface area contributed by atoms with Gasteiger partial charge >= 0.3 is 0 Å². The Hall–Kier alpha value is -3.71. The molecule has 2 aromatic heterocycles. The van der Waals surface area contributed by atoms with E-state index in [1.165, 1.54) is 0 Å². The Labute approximate surface area is 196 Å². The Morgan fingerprint density at radius 2 is 1.82 bits per heavy atom. The van der Waals surface area contributed by atoms with Gasteiger partial charge in [0.1, 0.15) is 17.1 Å². The molecule has 168 valence electrons. The molecule has 1 saturated heterocycles. The molecule has 4 aromatic rings. The molecule has 0 N–H and O–H groups in total. The van der Waals surface area contributed by atoms with Gasteiger partial charge in [0, 0.05) is 37.3 Å². The van der Waals surface area contributed by atoms with Gasteiger partial charge in [-0.3, -0.25) is 4.79 Å². The summed E-state index contributed by atoms with van der Waals surface area (Å²) in [6, 6.07) is 20.6. The lowest BCUT2D eigenvalue weighted by Gasteiger charge is -2.36. The molecule has 0 aliphatic carbocycles. The molecule has 3 heterocycles. The molecule has 0 bridgehead atoms. The first-order chi connectivity index (χ1) is 16.1. The Morgan fingerprint density at radius 1 is 1.00 bits per heavy atom. The van der Waals surface area contributed by atoms with Crippen molar-refractivity contribution in [1.29, 1.82) is 0 Å². The number of furan rings is 1. The fourth-order valence-corrected chi connectivity index (χ4v) is 4.27. The van der Waals surface area contributed by atoms with E-state index in [2.05, 4.69) is 10.00 Å². The fourth-order valence-electron chi connectivity index (χ4n) is 4.09. The molecular formula is C25H23ClN4O3. The normalized spacial score (nSPS) is 13.9. The largest absolute Gasteiger partial charge is 0.495 e. The van der Waals surface area contributed by atoms with Crippen molar-refractivity contribution in [2.75, 3.05) is 38.2 Å². The van der Waals surface area contributed by atoms with E-state index < -0.39 is 0 Å². The molecule has 1 fully saturated rings. The van der Waals surface area contributed by atoms with Crippen molar-refractivity contribution in [1.82, 2.24) is 14.7 Å². The summed E-state index contributed by atoms with van der Waals surface area (Å²) in [6.45, 7) is 2.60. The highest BCUT2D eigenvalue weighted by Crippen LogP contribution is 2.29. The predicted molar refractivity (Wildman–Crippen MR) is 127 cm³/mol. The lowest BCUT2D eigenvalue weighted by Crippen LogP contribution is -2.49. The fraction of sp³-hybridized carbons (Fsp3) is 0.200. The minimum atomic E-state index is -0.0834. The zero-order chi connectivity index (χ0) is 22.8. The molecule has 33 heavy (non-hydrogen) atoms. The number of para-hydroxylation sites is 2. The maximum Gasteiger partial charge on any atom is 0.272 e. The van der Waals surface area contributed by atoms with Crippen LogP contribution >= 0.6 is 11.6 Å². The zero-order valence-electron chi connectivity index (χ0n) is 18.1. The SMILES string of the molecule is COc1ccccc1N1CCN(C(=O)c2cc(-c3ccco3)nn2-c2cccc(Cl)c2)CC1. The molecule has 7 nitrogen and oxygen atoms in total. The van der Waals surface area contributed by atoms with E-state index in [0.29, 0.717) is 48.3 Å². The highest BCUT2D eigenvalue weighted by Gasteiger charge is 2.27. The number of hydrogen-bond donors (Lipinski definition) is 0. The van der Waals surface area contributed by atoms with Gasteiger partial charge in [0.25, 0.3) is 5.91 Å². The maximum absolute atomic E-state index is 13.6. The number of rotatable bonds is 5. The molecule has 0 radical (unpaired) electrons. The van der Waals surface area contributed by atoms with E-state index in [9.17, 15) is 4.79 Å². The first-order valence-corrected chi connectivity index (χ1v) is 11.1. The first-order valence-electron chi connectivity index (χ1n) is 10.7. The van der Waals surface area contributed by atoms with E-state index in [-0.39, 0.29) is 5.91 Å². The molecule has 1 aliphatic heterocycles. The number of aromatic nitrogens is 2. The van der Waals surface area contributed by atoms with Crippen LogP contribution in [-0.2, 0) is 0 Å². The number of carbonyl (C=O) groups excluding carboxylic acids is 1. The van der Waals surface area contributed by atoms with Crippen LogP contribution in [0.15, 0.2) is 77.4 Å². The summed E-state index contributed by atoms with van der Waals surface area (Å²) in [5.74, 6) is 1.35. The van der Waals surface area contributed by atoms with Crippen LogP contribution in [0.25, 0.3) is 17.1 Å². The van der Waals surface area contributed by atoms with Gasteiger partial charge in [0.2, 0.25) is 0 Å². The number of methoxy groups -OCH3 is 1. The van der Waals surface area contributed by atoms with Gasteiger partial charge < -0.3 is 19.0 Å². The van der Waals surface area contributed by atoms with Crippen molar-refractivity contribution in [3.8, 4) is 22.9 Å². The number of carbonyl (C=O) groups is 1. The molecule has 8 heteroatoms. The van der Waals surface area contributed by atoms with Crippen LogP contribution in [0.2, 0.25) is 5.02 Å². The quantitative estimate of drug-likeness (QED) is 0.428. The first kappa shape index (κ1) is 21.2. The number of amides is 1. The number of hydrogen-bond acceptors (Lipinski definition) is 5. The van der Waals surface area contributed by atoms with Gasteiger partial charge in [-0.25, -0.2) is 4.68 Å². The van der Waals surface area contributed by atoms with Crippen LogP contribution in [0.3, 0.4) is 0 Å². The highest BCUT2D eigenvalue weighted by atomic mass is 35.5. The van der Waals surface area contributed by atoms with E-state index >= 15 is 0 Å². The van der Waals surface area contributed by atoms with Gasteiger partial charge in [-0.15, -0.1) is 0 Å². The molecule has 1 amide bonds. The van der Waals surface area contributed by atoms with Crippen molar-refractivity contribution in [2.45, 2.75) is 0 Å². The summed E-state index contributed by atoms with van der Waals surface area (Å²) in [5.41, 5.74) is 2.82. The zero-order valence-corrected chi connectivity index (χ0v) is 18.9. The van der Waals surface area contributed by atoms with Crippen molar-refractivity contribution in [3.63, 3.8) is 0 Å². The average molecular weight is 463 g/mol. The number of halogens is 1. The number of ether oxygens (including phenoxy) is 1. The predicted octanol–water partition coefficient (Wildman–Crippen LogP) is 4.76. The van der Waals surface area contributed by atoms with Gasteiger partial charge in [0.15, 0.2) is 5.76 Å². The smallest absolute Gasteiger partial charge is 0.272 e. The van der Waals surface area contributed by atoms with Gasteiger partial charge in [-0.05, 0) is 42.5 Å². The van der Waals surface area contributed by atoms with E-state index in [4.69, 9.17) is 20.8 Å². The summed E-state index contributed by atoms with van der Waals surface area (Å²) in [6.07, 6.45) is 1.59. The van der Waals surface area contributed by atoms with Gasteiger partial charge in [-0.2, -0.15) is 5.10 Å². The minimum absolute atomic E-state index is 0.0834. The molecule has 0 atom stereocenters. The van der Waals surface area contributed by atoms with E-state index in [0.717, 1.165) is 17.1 Å². The number of benzene rings is 2. The van der Waals surface area contributed by atoms with Crippen LogP contribution in [0.4, 0.5) is 5.69 Å². The lowest BCUT2D eigenvalue weighted by molar-refractivity contribution is 0.0737. The topological polar surface area (TPSA) is 63.7 Å². The highest BCUT2D eigenvalue weighted by molar-refractivity contribution is 6.30.